The largest absolute Gasteiger partial charge is 0.454 e. The smallest absolute Gasteiger partial charge is 0.267 e. The molecule has 31 heavy (non-hydrogen) atoms. The first-order valence-corrected chi connectivity index (χ1v) is 9.67. The standard InChI is InChI=1S/C21H21N5O5/c1-21(2,20(29)22-10-11-25-18(27)4-3-9-23-25)26-19(28)8-6-15(24-26)14-5-7-16-17(12-14)31-13-30-16/h3-9,12H,10-11,13H2,1-2H3,(H,22,29). The third-order valence-corrected chi connectivity index (χ3v) is 4.95. The fraction of sp³-hybridized carbons (Fsp3) is 0.286. The van der Waals surface area contributed by atoms with E-state index in [0.717, 1.165) is 10.2 Å². The molecule has 3 heterocycles. The van der Waals surface area contributed by atoms with Gasteiger partial charge in [0.2, 0.25) is 12.7 Å². The number of benzene rings is 1. The van der Waals surface area contributed by atoms with Crippen molar-refractivity contribution in [2.75, 3.05) is 13.3 Å². The van der Waals surface area contributed by atoms with E-state index >= 15 is 0 Å². The Bertz CT molecular complexity index is 1250. The van der Waals surface area contributed by atoms with E-state index in [-0.39, 0.29) is 25.4 Å². The minimum atomic E-state index is -1.27. The number of ether oxygens (including phenoxy) is 2. The van der Waals surface area contributed by atoms with Crippen molar-refractivity contribution in [3.63, 3.8) is 0 Å². The molecule has 4 rings (SSSR count). The zero-order chi connectivity index (χ0) is 22.0. The third kappa shape index (κ3) is 4.04. The molecule has 0 aliphatic carbocycles. The average molecular weight is 423 g/mol. The monoisotopic (exact) mass is 423 g/mol. The van der Waals surface area contributed by atoms with Crippen LogP contribution in [0.5, 0.6) is 11.5 Å². The lowest BCUT2D eigenvalue weighted by atomic mass is 10.0. The van der Waals surface area contributed by atoms with E-state index in [1.165, 1.54) is 23.0 Å². The number of carbonyl (C=O) groups is 1. The summed E-state index contributed by atoms with van der Waals surface area (Å²) in [7, 11) is 0. The Balaban J connectivity index is 1.53. The summed E-state index contributed by atoms with van der Waals surface area (Å²) in [6.45, 7) is 3.75. The maximum absolute atomic E-state index is 12.8. The van der Waals surface area contributed by atoms with Gasteiger partial charge in [0.1, 0.15) is 5.54 Å². The summed E-state index contributed by atoms with van der Waals surface area (Å²) in [5.74, 6) is 0.830. The number of amides is 1. The zero-order valence-electron chi connectivity index (χ0n) is 17.1. The van der Waals surface area contributed by atoms with Crippen molar-refractivity contribution in [3.05, 3.63) is 69.4 Å². The van der Waals surface area contributed by atoms with Gasteiger partial charge < -0.3 is 14.8 Å². The van der Waals surface area contributed by atoms with Crippen LogP contribution in [0.1, 0.15) is 13.8 Å². The highest BCUT2D eigenvalue weighted by Crippen LogP contribution is 2.35. The Labute approximate surface area is 177 Å². The van der Waals surface area contributed by atoms with Gasteiger partial charge in [0.15, 0.2) is 11.5 Å². The van der Waals surface area contributed by atoms with Gasteiger partial charge >= 0.3 is 0 Å². The van der Waals surface area contributed by atoms with Crippen LogP contribution in [-0.4, -0.2) is 38.8 Å². The van der Waals surface area contributed by atoms with Gasteiger partial charge in [-0.15, -0.1) is 0 Å². The van der Waals surface area contributed by atoms with E-state index in [1.807, 2.05) is 6.07 Å². The Hall–Kier alpha value is -3.95. The number of fused-ring (bicyclic) bond motifs is 1. The molecule has 1 amide bonds. The molecule has 10 heteroatoms. The number of nitrogens with zero attached hydrogens (tertiary/aromatic N) is 4. The van der Waals surface area contributed by atoms with E-state index in [1.54, 1.807) is 38.1 Å². The molecule has 3 aromatic rings. The minimum Gasteiger partial charge on any atom is -0.454 e. The predicted octanol–water partition coefficient (Wildman–Crippen LogP) is 0.747. The molecule has 1 aliphatic rings. The zero-order valence-corrected chi connectivity index (χ0v) is 17.1. The van der Waals surface area contributed by atoms with E-state index in [4.69, 9.17) is 9.47 Å². The van der Waals surface area contributed by atoms with Crippen LogP contribution in [0.25, 0.3) is 11.3 Å². The first-order chi connectivity index (χ1) is 14.9. The second-order valence-electron chi connectivity index (χ2n) is 7.44. The first kappa shape index (κ1) is 20.3. The Kier molecular flexibility index (Phi) is 5.28. The molecule has 2 aromatic heterocycles. The fourth-order valence-electron chi connectivity index (χ4n) is 3.16. The van der Waals surface area contributed by atoms with Crippen molar-refractivity contribution < 1.29 is 14.3 Å². The topological polar surface area (TPSA) is 117 Å². The average Bonchev–Trinajstić information content (AvgIpc) is 3.23. The highest BCUT2D eigenvalue weighted by Gasteiger charge is 2.32. The minimum absolute atomic E-state index is 0.156. The molecular formula is C21H21N5O5. The summed E-state index contributed by atoms with van der Waals surface area (Å²) in [5, 5.41) is 11.1. The van der Waals surface area contributed by atoms with E-state index in [2.05, 4.69) is 15.5 Å². The maximum Gasteiger partial charge on any atom is 0.267 e. The molecule has 160 valence electrons. The molecule has 0 fully saturated rings. The molecule has 1 aliphatic heterocycles. The van der Waals surface area contributed by atoms with Gasteiger partial charge in [-0.05, 0) is 44.2 Å². The number of carbonyl (C=O) groups excluding carboxylic acids is 1. The summed E-state index contributed by atoms with van der Waals surface area (Å²) < 4.78 is 13.1. The van der Waals surface area contributed by atoms with Crippen LogP contribution in [0, 0.1) is 0 Å². The molecule has 0 spiro atoms. The van der Waals surface area contributed by atoms with Gasteiger partial charge in [-0.3, -0.25) is 14.4 Å². The summed E-state index contributed by atoms with van der Waals surface area (Å²) in [5.41, 5.74) is -0.697. The highest BCUT2D eigenvalue weighted by atomic mass is 16.7. The SMILES string of the molecule is CC(C)(C(=O)NCCn1ncccc1=O)n1nc(-c2ccc3c(c2)OCO3)ccc1=O. The van der Waals surface area contributed by atoms with Crippen LogP contribution < -0.4 is 25.9 Å². The Morgan fingerprint density at radius 1 is 1.10 bits per heavy atom. The summed E-state index contributed by atoms with van der Waals surface area (Å²) >= 11 is 0. The molecule has 0 saturated carbocycles. The van der Waals surface area contributed by atoms with E-state index < -0.39 is 17.0 Å². The van der Waals surface area contributed by atoms with Crippen molar-refractivity contribution in [2.45, 2.75) is 25.9 Å². The van der Waals surface area contributed by atoms with Gasteiger partial charge in [-0.2, -0.15) is 10.2 Å². The first-order valence-electron chi connectivity index (χ1n) is 9.67. The van der Waals surface area contributed by atoms with Crippen molar-refractivity contribution in [2.24, 2.45) is 0 Å². The third-order valence-electron chi connectivity index (χ3n) is 4.95. The van der Waals surface area contributed by atoms with Crippen LogP contribution in [0.2, 0.25) is 0 Å². The van der Waals surface area contributed by atoms with Crippen molar-refractivity contribution in [1.82, 2.24) is 24.9 Å². The number of aromatic nitrogens is 4. The highest BCUT2D eigenvalue weighted by molar-refractivity contribution is 5.83. The van der Waals surface area contributed by atoms with E-state index in [9.17, 15) is 14.4 Å². The molecule has 10 nitrogen and oxygen atoms in total. The van der Waals surface area contributed by atoms with Crippen molar-refractivity contribution >= 4 is 5.91 Å². The van der Waals surface area contributed by atoms with Gasteiger partial charge in [0.05, 0.1) is 12.2 Å². The molecule has 1 N–H and O–H groups in total. The second-order valence-corrected chi connectivity index (χ2v) is 7.44. The number of hydrogen-bond acceptors (Lipinski definition) is 7. The van der Waals surface area contributed by atoms with Crippen LogP contribution in [0.4, 0.5) is 0 Å². The van der Waals surface area contributed by atoms with Crippen LogP contribution in [0.15, 0.2) is 58.3 Å². The molecular weight excluding hydrogens is 402 g/mol. The van der Waals surface area contributed by atoms with Crippen LogP contribution >= 0.6 is 0 Å². The predicted molar refractivity (Wildman–Crippen MR) is 111 cm³/mol. The molecule has 0 radical (unpaired) electrons. The lowest BCUT2D eigenvalue weighted by molar-refractivity contribution is -0.129. The van der Waals surface area contributed by atoms with Crippen LogP contribution in [-0.2, 0) is 16.9 Å². The number of nitrogens with one attached hydrogen (secondary N) is 1. The maximum atomic E-state index is 12.8. The molecule has 0 bridgehead atoms. The normalized spacial score (nSPS) is 12.6. The lowest BCUT2D eigenvalue weighted by Crippen LogP contribution is -2.50. The summed E-state index contributed by atoms with van der Waals surface area (Å²) in [4.78, 5) is 37.1. The lowest BCUT2D eigenvalue weighted by Gasteiger charge is -2.25. The second kappa shape index (κ2) is 8.05. The number of hydrogen-bond donors (Lipinski definition) is 1. The van der Waals surface area contributed by atoms with Crippen LogP contribution in [0.3, 0.4) is 0 Å². The Morgan fingerprint density at radius 3 is 2.71 bits per heavy atom. The van der Waals surface area contributed by atoms with Crippen molar-refractivity contribution in [1.29, 1.82) is 0 Å². The summed E-state index contributed by atoms with van der Waals surface area (Å²) in [6.07, 6.45) is 1.50. The Morgan fingerprint density at radius 2 is 1.90 bits per heavy atom. The van der Waals surface area contributed by atoms with E-state index in [0.29, 0.717) is 17.2 Å². The summed E-state index contributed by atoms with van der Waals surface area (Å²) in [6, 6.07) is 11.3. The van der Waals surface area contributed by atoms with Gasteiger partial charge in [0, 0.05) is 30.4 Å². The van der Waals surface area contributed by atoms with Crippen molar-refractivity contribution in [3.8, 4) is 22.8 Å². The van der Waals surface area contributed by atoms with Gasteiger partial charge in [0.25, 0.3) is 11.1 Å². The fourth-order valence-corrected chi connectivity index (χ4v) is 3.16. The molecule has 0 atom stereocenters. The van der Waals surface area contributed by atoms with Gasteiger partial charge in [-0.25, -0.2) is 9.36 Å². The quantitative estimate of drug-likeness (QED) is 0.622. The molecule has 0 unspecified atom stereocenters. The number of rotatable bonds is 6. The van der Waals surface area contributed by atoms with Gasteiger partial charge in [-0.1, -0.05) is 0 Å². The molecule has 0 saturated heterocycles. The molecule has 1 aromatic carbocycles.